The number of nitrogens with one attached hydrogen (secondary N) is 2. The van der Waals surface area contributed by atoms with Gasteiger partial charge in [-0.25, -0.2) is 0 Å². The van der Waals surface area contributed by atoms with Gasteiger partial charge in [-0.3, -0.25) is 4.99 Å². The average Bonchev–Trinajstić information content (AvgIpc) is 3.05. The Bertz CT molecular complexity index is 447. The van der Waals surface area contributed by atoms with Crippen LogP contribution in [0.1, 0.15) is 36.8 Å². The minimum absolute atomic E-state index is 0.813. The van der Waals surface area contributed by atoms with Gasteiger partial charge in [-0.05, 0) is 57.8 Å². The molecule has 0 saturated carbocycles. The van der Waals surface area contributed by atoms with Crippen molar-refractivity contribution >= 4 is 5.96 Å². The summed E-state index contributed by atoms with van der Waals surface area (Å²) in [5, 5.41) is 6.76. The summed E-state index contributed by atoms with van der Waals surface area (Å²) in [5.41, 5.74) is 2.58. The van der Waals surface area contributed by atoms with E-state index in [1.807, 2.05) is 7.05 Å². The van der Waals surface area contributed by atoms with Crippen molar-refractivity contribution in [2.75, 3.05) is 33.2 Å². The maximum Gasteiger partial charge on any atom is 0.191 e. The second-order valence-electron chi connectivity index (χ2n) is 6.09. The van der Waals surface area contributed by atoms with Gasteiger partial charge in [0.25, 0.3) is 0 Å². The molecular weight excluding hydrogens is 272 g/mol. The van der Waals surface area contributed by atoms with Gasteiger partial charge in [-0.2, -0.15) is 0 Å². The Hall–Kier alpha value is -1.55. The zero-order valence-corrected chi connectivity index (χ0v) is 14.1. The van der Waals surface area contributed by atoms with Gasteiger partial charge in [0, 0.05) is 20.1 Å². The minimum Gasteiger partial charge on any atom is -0.356 e. The molecule has 1 aromatic rings. The third kappa shape index (κ3) is 6.06. The van der Waals surface area contributed by atoms with Crippen molar-refractivity contribution in [1.29, 1.82) is 0 Å². The van der Waals surface area contributed by atoms with Crippen molar-refractivity contribution < 1.29 is 0 Å². The van der Waals surface area contributed by atoms with Gasteiger partial charge in [0.05, 0.1) is 0 Å². The number of rotatable bonds is 7. The van der Waals surface area contributed by atoms with Gasteiger partial charge < -0.3 is 15.5 Å². The molecule has 22 heavy (non-hydrogen) atoms. The molecule has 0 aliphatic carbocycles. The fourth-order valence-electron chi connectivity index (χ4n) is 2.79. The fourth-order valence-corrected chi connectivity index (χ4v) is 2.79. The minimum atomic E-state index is 0.813. The summed E-state index contributed by atoms with van der Waals surface area (Å²) in [7, 11) is 1.83. The largest absolute Gasteiger partial charge is 0.356 e. The first-order valence-electron chi connectivity index (χ1n) is 8.50. The Balaban J connectivity index is 1.57. The van der Waals surface area contributed by atoms with Crippen molar-refractivity contribution in [2.24, 2.45) is 4.99 Å². The molecular formula is C18H30N4. The van der Waals surface area contributed by atoms with E-state index in [1.54, 1.807) is 0 Å². The van der Waals surface area contributed by atoms with Gasteiger partial charge >= 0.3 is 0 Å². The maximum atomic E-state index is 4.28. The van der Waals surface area contributed by atoms with E-state index in [4.69, 9.17) is 0 Å². The molecule has 0 unspecified atom stereocenters. The van der Waals surface area contributed by atoms with Crippen LogP contribution in [-0.2, 0) is 6.54 Å². The van der Waals surface area contributed by atoms with Crippen molar-refractivity contribution in [3.63, 3.8) is 0 Å². The number of guanidine groups is 1. The second-order valence-corrected chi connectivity index (χ2v) is 6.09. The predicted octanol–water partition coefficient (Wildman–Crippen LogP) is 2.54. The number of benzene rings is 1. The molecule has 4 nitrogen and oxygen atoms in total. The predicted molar refractivity (Wildman–Crippen MR) is 94.3 cm³/mol. The van der Waals surface area contributed by atoms with Crippen LogP contribution in [0.2, 0.25) is 0 Å². The molecule has 0 spiro atoms. The fraction of sp³-hybridized carbons (Fsp3) is 0.611. The van der Waals surface area contributed by atoms with Crippen molar-refractivity contribution in [2.45, 2.75) is 39.2 Å². The van der Waals surface area contributed by atoms with Crippen LogP contribution in [-0.4, -0.2) is 44.1 Å². The zero-order chi connectivity index (χ0) is 15.6. The Morgan fingerprint density at radius 2 is 1.82 bits per heavy atom. The first-order valence-corrected chi connectivity index (χ1v) is 8.50. The van der Waals surface area contributed by atoms with Crippen molar-refractivity contribution in [3.05, 3.63) is 35.4 Å². The van der Waals surface area contributed by atoms with Gasteiger partial charge in [0.1, 0.15) is 0 Å². The molecule has 1 heterocycles. The number of hydrogen-bond donors (Lipinski definition) is 2. The Morgan fingerprint density at radius 1 is 1.09 bits per heavy atom. The summed E-state index contributed by atoms with van der Waals surface area (Å²) < 4.78 is 0. The van der Waals surface area contributed by atoms with Crippen molar-refractivity contribution in [1.82, 2.24) is 15.5 Å². The SMILES string of the molecule is CN=C(NCCCCN1CCCC1)NCc1ccc(C)cc1. The van der Waals surface area contributed by atoms with Gasteiger partial charge in [-0.1, -0.05) is 29.8 Å². The van der Waals surface area contributed by atoms with Crippen molar-refractivity contribution in [3.8, 4) is 0 Å². The lowest BCUT2D eigenvalue weighted by atomic mass is 10.1. The van der Waals surface area contributed by atoms with E-state index in [0.717, 1.165) is 19.0 Å². The summed E-state index contributed by atoms with van der Waals surface area (Å²) in [6.45, 7) is 7.76. The van der Waals surface area contributed by atoms with Crippen LogP contribution in [0, 0.1) is 6.92 Å². The summed E-state index contributed by atoms with van der Waals surface area (Å²) in [6, 6.07) is 8.61. The van der Waals surface area contributed by atoms with E-state index >= 15 is 0 Å². The first kappa shape index (κ1) is 16.8. The summed E-state index contributed by atoms with van der Waals surface area (Å²) in [4.78, 5) is 6.85. The number of hydrogen-bond acceptors (Lipinski definition) is 2. The lowest BCUT2D eigenvalue weighted by Crippen LogP contribution is -2.37. The molecule has 0 bridgehead atoms. The lowest BCUT2D eigenvalue weighted by molar-refractivity contribution is 0.330. The molecule has 1 fully saturated rings. The third-order valence-corrected chi connectivity index (χ3v) is 4.20. The Morgan fingerprint density at radius 3 is 2.50 bits per heavy atom. The number of aliphatic imine (C=N–C) groups is 1. The van der Waals surface area contributed by atoms with E-state index in [-0.39, 0.29) is 0 Å². The van der Waals surface area contributed by atoms with Crippen LogP contribution in [0.25, 0.3) is 0 Å². The number of nitrogens with zero attached hydrogens (tertiary/aromatic N) is 2. The molecule has 2 N–H and O–H groups in total. The molecule has 1 aromatic carbocycles. The quantitative estimate of drug-likeness (QED) is 0.462. The molecule has 0 amide bonds. The van der Waals surface area contributed by atoms with Gasteiger partial charge in [0.2, 0.25) is 0 Å². The van der Waals surface area contributed by atoms with Crippen LogP contribution in [0.4, 0.5) is 0 Å². The molecule has 1 aliphatic heterocycles. The highest BCUT2D eigenvalue weighted by molar-refractivity contribution is 5.79. The van der Waals surface area contributed by atoms with E-state index in [9.17, 15) is 0 Å². The average molecular weight is 302 g/mol. The molecule has 1 saturated heterocycles. The lowest BCUT2D eigenvalue weighted by Gasteiger charge is -2.15. The summed E-state index contributed by atoms with van der Waals surface area (Å²) >= 11 is 0. The standard InChI is InChI=1S/C18H30N4/c1-16-7-9-17(10-8-16)15-21-18(19-2)20-11-3-4-12-22-13-5-6-14-22/h7-10H,3-6,11-15H2,1-2H3,(H2,19,20,21). The molecule has 1 aliphatic rings. The third-order valence-electron chi connectivity index (χ3n) is 4.20. The van der Waals surface area contributed by atoms with Crippen LogP contribution < -0.4 is 10.6 Å². The normalized spacial score (nSPS) is 16.0. The van der Waals surface area contributed by atoms with Crippen LogP contribution in [0.3, 0.4) is 0 Å². The number of likely N-dealkylation sites (tertiary alicyclic amines) is 1. The Kier molecular flexibility index (Phi) is 7.23. The van der Waals surface area contributed by atoms with E-state index in [0.29, 0.717) is 0 Å². The molecule has 2 rings (SSSR count). The summed E-state index contributed by atoms with van der Waals surface area (Å²) in [5.74, 6) is 0.891. The molecule has 4 heteroatoms. The highest BCUT2D eigenvalue weighted by Crippen LogP contribution is 2.07. The molecule has 122 valence electrons. The highest BCUT2D eigenvalue weighted by Gasteiger charge is 2.09. The zero-order valence-electron chi connectivity index (χ0n) is 14.1. The topological polar surface area (TPSA) is 39.7 Å². The van der Waals surface area contributed by atoms with Crippen LogP contribution >= 0.6 is 0 Å². The Labute approximate surface area is 135 Å². The number of unbranched alkanes of at least 4 members (excludes halogenated alkanes) is 1. The number of aryl methyl sites for hydroxylation is 1. The smallest absolute Gasteiger partial charge is 0.191 e. The van der Waals surface area contributed by atoms with Crippen LogP contribution in [0.15, 0.2) is 29.3 Å². The first-order chi connectivity index (χ1) is 10.8. The molecule has 0 atom stereocenters. The molecule has 0 aromatic heterocycles. The van der Waals surface area contributed by atoms with Crippen LogP contribution in [0.5, 0.6) is 0 Å². The van der Waals surface area contributed by atoms with E-state index < -0.39 is 0 Å². The summed E-state index contributed by atoms with van der Waals surface area (Å²) in [6.07, 6.45) is 5.23. The van der Waals surface area contributed by atoms with Gasteiger partial charge in [-0.15, -0.1) is 0 Å². The van der Waals surface area contributed by atoms with Gasteiger partial charge in [0.15, 0.2) is 5.96 Å². The maximum absolute atomic E-state index is 4.28. The second kappa shape index (κ2) is 9.46. The molecule has 0 radical (unpaired) electrons. The van der Waals surface area contributed by atoms with E-state index in [2.05, 4.69) is 51.7 Å². The monoisotopic (exact) mass is 302 g/mol. The highest BCUT2D eigenvalue weighted by atomic mass is 15.2. The van der Waals surface area contributed by atoms with E-state index in [1.165, 1.54) is 56.4 Å².